The van der Waals surface area contributed by atoms with E-state index in [1.165, 1.54) is 24.3 Å². The van der Waals surface area contributed by atoms with E-state index in [4.69, 9.17) is 4.74 Å². The Morgan fingerprint density at radius 3 is 2.54 bits per heavy atom. The van der Waals surface area contributed by atoms with E-state index in [-0.39, 0.29) is 53.1 Å². The van der Waals surface area contributed by atoms with Gasteiger partial charge in [-0.3, -0.25) is 14.3 Å². The Labute approximate surface area is 238 Å². The van der Waals surface area contributed by atoms with Gasteiger partial charge in [-0.15, -0.1) is 4.40 Å². The molecule has 11 nitrogen and oxygen atoms in total. The van der Waals surface area contributed by atoms with Gasteiger partial charge in [-0.1, -0.05) is 12.1 Å². The summed E-state index contributed by atoms with van der Waals surface area (Å²) in [5.41, 5.74) is 0.863. The van der Waals surface area contributed by atoms with Crippen LogP contribution in [0.15, 0.2) is 51.8 Å². The Kier molecular flexibility index (Phi) is 7.81. The number of anilines is 2. The zero-order valence-corrected chi connectivity index (χ0v) is 24.2. The van der Waals surface area contributed by atoms with Crippen molar-refractivity contribution in [3.05, 3.63) is 53.8 Å². The Hall–Kier alpha value is -3.52. The Morgan fingerprint density at radius 1 is 1.15 bits per heavy atom. The summed E-state index contributed by atoms with van der Waals surface area (Å²) in [6, 6.07) is 9.22. The van der Waals surface area contributed by atoms with Crippen molar-refractivity contribution >= 4 is 49.1 Å². The van der Waals surface area contributed by atoms with Crippen molar-refractivity contribution < 1.29 is 35.6 Å². The zero-order chi connectivity index (χ0) is 29.5. The number of nitrogens with one attached hydrogen (secondary N) is 2. The van der Waals surface area contributed by atoms with Crippen LogP contribution >= 0.6 is 0 Å². The first-order valence-electron chi connectivity index (χ1n) is 13.3. The highest BCUT2D eigenvalue weighted by molar-refractivity contribution is 7.92. The molecule has 14 heteroatoms. The van der Waals surface area contributed by atoms with E-state index in [1.807, 2.05) is 0 Å². The summed E-state index contributed by atoms with van der Waals surface area (Å²) >= 11 is 0. The molecule has 220 valence electrons. The molecule has 2 bridgehead atoms. The molecule has 4 atom stereocenters. The number of carbonyl (C=O) groups is 2. The standard InChI is InChI=1S/C27H31FN4O7S2/c1-3-39-27(34)25-17-6-7-18(12-17)26(25)32(15-16-4-8-19(28)9-5-16)24(33)14-23-29-21-11-10-20(30-40(2,35)36)13-22(21)41(37,38)31-23/h4-5,8-11,13,17-18,25-26,30H,3,6-7,12,14-15H2,1-2H3,(H,29,31)/t17-,18+,25?,26-/m0/s1. The van der Waals surface area contributed by atoms with Crippen LogP contribution in [0, 0.1) is 23.6 Å². The van der Waals surface area contributed by atoms with E-state index in [0.717, 1.165) is 31.6 Å². The molecule has 1 unspecified atom stereocenters. The third kappa shape index (κ3) is 6.22. The number of nitrogens with zero attached hydrogens (tertiary/aromatic N) is 2. The van der Waals surface area contributed by atoms with Crippen molar-refractivity contribution in [2.45, 2.75) is 50.1 Å². The van der Waals surface area contributed by atoms with E-state index in [2.05, 4.69) is 14.4 Å². The number of halogens is 1. The highest BCUT2D eigenvalue weighted by atomic mass is 32.2. The van der Waals surface area contributed by atoms with E-state index >= 15 is 0 Å². The van der Waals surface area contributed by atoms with E-state index in [1.54, 1.807) is 24.0 Å². The number of carbonyl (C=O) groups excluding carboxylic acids is 2. The average Bonchev–Trinajstić information content (AvgIpc) is 3.50. The molecular weight excluding hydrogens is 575 g/mol. The van der Waals surface area contributed by atoms with Gasteiger partial charge in [0.25, 0.3) is 10.0 Å². The monoisotopic (exact) mass is 606 g/mol. The molecule has 3 aliphatic rings. The quantitative estimate of drug-likeness (QED) is 0.413. The molecule has 2 aliphatic carbocycles. The van der Waals surface area contributed by atoms with Crippen molar-refractivity contribution in [2.75, 3.05) is 22.9 Å². The number of sulfonamides is 2. The molecule has 1 aliphatic heterocycles. The molecule has 2 aromatic carbocycles. The molecular formula is C27H31FN4O7S2. The fraction of sp³-hybridized carbons (Fsp3) is 0.444. The number of ether oxygens (including phenoxy) is 1. The van der Waals surface area contributed by atoms with Crippen molar-refractivity contribution in [1.82, 2.24) is 4.90 Å². The number of hydrogen-bond acceptors (Lipinski definition) is 8. The smallest absolute Gasteiger partial charge is 0.311 e. The van der Waals surface area contributed by atoms with E-state index in [0.29, 0.717) is 5.56 Å². The molecule has 41 heavy (non-hydrogen) atoms. The second-order valence-corrected chi connectivity index (χ2v) is 14.0. The predicted octanol–water partition coefficient (Wildman–Crippen LogP) is 3.11. The lowest BCUT2D eigenvalue weighted by Gasteiger charge is -2.39. The summed E-state index contributed by atoms with van der Waals surface area (Å²) in [6.07, 6.45) is 3.05. The van der Waals surface area contributed by atoms with Gasteiger partial charge < -0.3 is 15.0 Å². The van der Waals surface area contributed by atoms with Crippen LogP contribution in [0.1, 0.15) is 38.2 Å². The fourth-order valence-electron chi connectivity index (χ4n) is 6.24. The molecule has 0 spiro atoms. The first-order valence-corrected chi connectivity index (χ1v) is 16.6. The summed E-state index contributed by atoms with van der Waals surface area (Å²) in [7, 11) is -7.90. The number of amidine groups is 1. The maximum absolute atomic E-state index is 13.9. The molecule has 2 aromatic rings. The number of amides is 1. The van der Waals surface area contributed by atoms with Gasteiger partial charge in [-0.2, -0.15) is 8.42 Å². The lowest BCUT2D eigenvalue weighted by molar-refractivity contribution is -0.154. The van der Waals surface area contributed by atoms with Crippen LogP contribution in [0.5, 0.6) is 0 Å². The third-order valence-corrected chi connectivity index (χ3v) is 9.73. The first kappa shape index (κ1) is 29.0. The van der Waals surface area contributed by atoms with Crippen molar-refractivity contribution in [3.63, 3.8) is 0 Å². The minimum absolute atomic E-state index is 0.0538. The number of rotatable bonds is 9. The average molecular weight is 607 g/mol. The van der Waals surface area contributed by atoms with Gasteiger partial charge >= 0.3 is 5.97 Å². The number of benzene rings is 2. The fourth-order valence-corrected chi connectivity index (χ4v) is 7.96. The first-order chi connectivity index (χ1) is 19.3. The Morgan fingerprint density at radius 2 is 1.85 bits per heavy atom. The van der Waals surface area contributed by atoms with Crippen molar-refractivity contribution in [2.24, 2.45) is 22.2 Å². The maximum atomic E-state index is 13.9. The molecule has 5 rings (SSSR count). The number of esters is 1. The summed E-state index contributed by atoms with van der Waals surface area (Å²) in [6.45, 7) is 2.04. The predicted molar refractivity (Wildman–Crippen MR) is 149 cm³/mol. The minimum atomic E-state index is -4.26. The molecule has 1 heterocycles. The minimum Gasteiger partial charge on any atom is -0.466 e. The maximum Gasteiger partial charge on any atom is 0.311 e. The van der Waals surface area contributed by atoms with Gasteiger partial charge in [0.1, 0.15) is 16.5 Å². The largest absolute Gasteiger partial charge is 0.466 e. The summed E-state index contributed by atoms with van der Waals surface area (Å²) in [5.74, 6) is -1.68. The lowest BCUT2D eigenvalue weighted by Crippen LogP contribution is -2.50. The van der Waals surface area contributed by atoms with Crippen LogP contribution in [0.4, 0.5) is 15.8 Å². The molecule has 2 saturated carbocycles. The topological polar surface area (TPSA) is 151 Å². The van der Waals surface area contributed by atoms with Gasteiger partial charge in [-0.25, -0.2) is 12.8 Å². The van der Waals surface area contributed by atoms with Crippen LogP contribution in [-0.2, 0) is 40.9 Å². The summed E-state index contributed by atoms with van der Waals surface area (Å²) in [5, 5.41) is 2.88. The van der Waals surface area contributed by atoms with Gasteiger partial charge in [-0.05, 0) is 73.9 Å². The Bertz CT molecular complexity index is 1610. The molecule has 0 saturated heterocycles. The van der Waals surface area contributed by atoms with Crippen molar-refractivity contribution in [3.8, 4) is 0 Å². The molecule has 0 radical (unpaired) electrons. The van der Waals surface area contributed by atoms with E-state index in [9.17, 15) is 30.8 Å². The zero-order valence-electron chi connectivity index (χ0n) is 22.5. The summed E-state index contributed by atoms with van der Waals surface area (Å²) < 4.78 is 74.2. The lowest BCUT2D eigenvalue weighted by atomic mass is 9.83. The Balaban J connectivity index is 1.44. The second kappa shape index (κ2) is 11.0. The SMILES string of the molecule is CCOC(=O)C1[C@H]2CC[C@H](C2)[C@@H]1N(Cc1ccc(F)cc1)C(=O)CC1=NS(=O)(=O)c2cc(NS(C)(=O)=O)ccc2N1. The highest BCUT2D eigenvalue weighted by Crippen LogP contribution is 2.51. The van der Waals surface area contributed by atoms with Gasteiger partial charge in [0.15, 0.2) is 0 Å². The van der Waals surface area contributed by atoms with Crippen LogP contribution in [0.25, 0.3) is 0 Å². The molecule has 1 amide bonds. The second-order valence-electron chi connectivity index (χ2n) is 10.6. The van der Waals surface area contributed by atoms with Crippen LogP contribution in [0.3, 0.4) is 0 Å². The molecule has 2 fully saturated rings. The highest BCUT2D eigenvalue weighted by Gasteiger charge is 2.54. The normalized spacial score (nSPS) is 24.1. The van der Waals surface area contributed by atoms with E-state index < -0.39 is 50.2 Å². The van der Waals surface area contributed by atoms with Gasteiger partial charge in [0.05, 0.1) is 30.9 Å². The van der Waals surface area contributed by atoms with Gasteiger partial charge in [0.2, 0.25) is 15.9 Å². The molecule has 2 N–H and O–H groups in total. The van der Waals surface area contributed by atoms with Crippen LogP contribution in [-0.4, -0.2) is 58.4 Å². The number of fused-ring (bicyclic) bond motifs is 3. The molecule has 0 aromatic heterocycles. The number of hydrogen-bond donors (Lipinski definition) is 2. The van der Waals surface area contributed by atoms with Crippen molar-refractivity contribution in [1.29, 1.82) is 0 Å². The summed E-state index contributed by atoms with van der Waals surface area (Å²) in [4.78, 5) is 28.3. The third-order valence-electron chi connectivity index (χ3n) is 7.77. The van der Waals surface area contributed by atoms with Crippen LogP contribution < -0.4 is 10.0 Å². The van der Waals surface area contributed by atoms with Crippen LogP contribution in [0.2, 0.25) is 0 Å². The van der Waals surface area contributed by atoms with Gasteiger partial charge in [0, 0.05) is 18.3 Å².